The maximum atomic E-state index is 13.1. The van der Waals surface area contributed by atoms with Crippen LogP contribution in [-0.4, -0.2) is 41.5 Å². The number of benzene rings is 1. The van der Waals surface area contributed by atoms with E-state index in [1.54, 1.807) is 42.7 Å². The molecule has 1 fully saturated rings. The first-order chi connectivity index (χ1) is 13.3. The minimum Gasteiger partial charge on any atom is -0.480 e. The topological polar surface area (TPSA) is 103 Å². The first-order valence-corrected chi connectivity index (χ1v) is 10.6. The van der Waals surface area contributed by atoms with Gasteiger partial charge in [-0.1, -0.05) is 18.2 Å². The lowest BCUT2D eigenvalue weighted by Gasteiger charge is -2.19. The average molecular weight is 401 g/mol. The maximum absolute atomic E-state index is 13.1. The summed E-state index contributed by atoms with van der Waals surface area (Å²) in [6, 6.07) is 8.95. The molecule has 0 unspecified atom stereocenters. The van der Waals surface area contributed by atoms with Gasteiger partial charge in [-0.3, -0.25) is 4.79 Å². The third-order valence-corrected chi connectivity index (χ3v) is 7.32. The van der Waals surface area contributed by atoms with E-state index in [2.05, 4.69) is 6.07 Å². The minimum atomic E-state index is -3.60. The number of hydrogen-bond donors (Lipinski definition) is 1. The van der Waals surface area contributed by atoms with Crippen LogP contribution in [0, 0.1) is 25.2 Å². The minimum absolute atomic E-state index is 0.241. The molecule has 0 spiro atoms. The Morgan fingerprint density at radius 3 is 2.46 bits per heavy atom. The van der Waals surface area contributed by atoms with Gasteiger partial charge in [0.25, 0.3) is 0 Å². The van der Waals surface area contributed by atoms with Crippen LogP contribution in [0.2, 0.25) is 0 Å². The Morgan fingerprint density at radius 2 is 1.86 bits per heavy atom. The lowest BCUT2D eigenvalue weighted by Crippen LogP contribution is -2.28. The van der Waals surface area contributed by atoms with Crippen molar-refractivity contribution in [3.8, 4) is 6.07 Å². The smallest absolute Gasteiger partial charge is 0.323 e. The highest BCUT2D eigenvalue weighted by Crippen LogP contribution is 2.29. The summed E-state index contributed by atoms with van der Waals surface area (Å²) in [5.41, 5.74) is 2.97. The molecule has 1 saturated heterocycles. The van der Waals surface area contributed by atoms with Crippen LogP contribution < -0.4 is 0 Å². The van der Waals surface area contributed by atoms with Gasteiger partial charge in [0.15, 0.2) is 0 Å². The van der Waals surface area contributed by atoms with E-state index in [9.17, 15) is 23.6 Å². The molecule has 2 heterocycles. The summed E-state index contributed by atoms with van der Waals surface area (Å²) in [5.74, 6) is -1.01. The molecule has 0 radical (unpaired) electrons. The van der Waals surface area contributed by atoms with E-state index >= 15 is 0 Å². The van der Waals surface area contributed by atoms with Crippen molar-refractivity contribution < 1.29 is 18.3 Å². The van der Waals surface area contributed by atoms with Crippen molar-refractivity contribution in [2.24, 2.45) is 0 Å². The summed E-state index contributed by atoms with van der Waals surface area (Å²) in [6.45, 7) is 4.25. The zero-order chi connectivity index (χ0) is 20.5. The molecule has 7 nitrogen and oxygen atoms in total. The number of carbonyl (C=O) groups is 1. The number of aromatic nitrogens is 1. The molecular formula is C20H23N3O4S. The average Bonchev–Trinajstić information content (AvgIpc) is 3.26. The molecule has 3 rings (SSSR count). The number of carboxylic acids is 1. The van der Waals surface area contributed by atoms with Crippen molar-refractivity contribution in [3.63, 3.8) is 0 Å². The Labute approximate surface area is 164 Å². The number of aliphatic carboxylic acids is 1. The molecule has 1 aromatic carbocycles. The maximum Gasteiger partial charge on any atom is 0.323 e. The van der Waals surface area contributed by atoms with Crippen molar-refractivity contribution in [2.45, 2.75) is 44.6 Å². The second-order valence-electron chi connectivity index (χ2n) is 7.02. The van der Waals surface area contributed by atoms with Gasteiger partial charge in [0.05, 0.1) is 10.5 Å². The van der Waals surface area contributed by atoms with Gasteiger partial charge in [-0.25, -0.2) is 8.42 Å². The molecule has 148 valence electrons. The summed E-state index contributed by atoms with van der Waals surface area (Å²) in [4.78, 5) is 11.6. The molecule has 1 N–H and O–H groups in total. The van der Waals surface area contributed by atoms with E-state index in [1.807, 2.05) is 0 Å². The number of carboxylic acid groups (broad SMARTS) is 1. The van der Waals surface area contributed by atoms with E-state index in [0.29, 0.717) is 41.2 Å². The van der Waals surface area contributed by atoms with Crippen LogP contribution in [0.1, 0.15) is 40.9 Å². The van der Waals surface area contributed by atoms with Crippen LogP contribution in [0.4, 0.5) is 0 Å². The number of hydrogen-bond acceptors (Lipinski definition) is 4. The molecule has 0 atom stereocenters. The monoisotopic (exact) mass is 401 g/mol. The summed E-state index contributed by atoms with van der Waals surface area (Å²) in [6.07, 6.45) is 1.95. The quantitative estimate of drug-likeness (QED) is 0.801. The zero-order valence-corrected chi connectivity index (χ0v) is 16.8. The normalized spacial score (nSPS) is 14.9. The van der Waals surface area contributed by atoms with Crippen LogP contribution in [0.5, 0.6) is 0 Å². The van der Waals surface area contributed by atoms with E-state index in [1.165, 1.54) is 4.31 Å². The fourth-order valence-corrected chi connectivity index (χ4v) is 5.59. The van der Waals surface area contributed by atoms with E-state index < -0.39 is 16.0 Å². The van der Waals surface area contributed by atoms with Crippen molar-refractivity contribution in [1.82, 2.24) is 8.87 Å². The van der Waals surface area contributed by atoms with Crippen molar-refractivity contribution in [1.29, 1.82) is 5.26 Å². The number of rotatable bonds is 6. The van der Waals surface area contributed by atoms with Gasteiger partial charge in [0.2, 0.25) is 10.0 Å². The number of sulfonamides is 1. The van der Waals surface area contributed by atoms with Crippen LogP contribution in [0.15, 0.2) is 29.2 Å². The lowest BCUT2D eigenvalue weighted by molar-refractivity contribution is -0.137. The summed E-state index contributed by atoms with van der Waals surface area (Å²) in [5, 5.41) is 18.7. The molecule has 0 saturated carbocycles. The first kappa shape index (κ1) is 20.1. The fraction of sp³-hybridized carbons (Fsp3) is 0.400. The molecule has 0 bridgehead atoms. The Morgan fingerprint density at radius 1 is 1.21 bits per heavy atom. The summed E-state index contributed by atoms with van der Waals surface area (Å²) < 4.78 is 29.3. The molecule has 0 amide bonds. The summed E-state index contributed by atoms with van der Waals surface area (Å²) >= 11 is 0. The number of nitrogens with zero attached hydrogens (tertiary/aromatic N) is 3. The first-order valence-electron chi connectivity index (χ1n) is 9.16. The lowest BCUT2D eigenvalue weighted by atomic mass is 10.1. The highest BCUT2D eigenvalue weighted by molar-refractivity contribution is 7.89. The highest BCUT2D eigenvalue weighted by atomic mass is 32.2. The molecule has 1 aliphatic heterocycles. The SMILES string of the molecule is Cc1c(C#N)c(C)n(CC(=O)O)c1Cc1ccccc1S(=O)(=O)N1CCCC1. The van der Waals surface area contributed by atoms with Gasteiger partial charge in [-0.05, 0) is 43.9 Å². The molecule has 8 heteroatoms. The Hall–Kier alpha value is -2.63. The largest absolute Gasteiger partial charge is 0.480 e. The van der Waals surface area contributed by atoms with Crippen LogP contribution in [0.3, 0.4) is 0 Å². The Kier molecular flexibility index (Phi) is 5.59. The van der Waals surface area contributed by atoms with Crippen molar-refractivity contribution >= 4 is 16.0 Å². The summed E-state index contributed by atoms with van der Waals surface area (Å²) in [7, 11) is -3.60. The molecule has 1 aromatic heterocycles. The van der Waals surface area contributed by atoms with Gasteiger partial charge in [-0.15, -0.1) is 0 Å². The second kappa shape index (κ2) is 7.78. The van der Waals surface area contributed by atoms with Gasteiger partial charge >= 0.3 is 5.97 Å². The predicted molar refractivity (Wildman–Crippen MR) is 103 cm³/mol. The van der Waals surface area contributed by atoms with E-state index in [-0.39, 0.29) is 17.9 Å². The van der Waals surface area contributed by atoms with Gasteiger partial charge in [0.1, 0.15) is 12.6 Å². The number of nitriles is 1. The Bertz CT molecular complexity index is 1060. The third-order valence-electron chi connectivity index (χ3n) is 5.32. The van der Waals surface area contributed by atoms with Crippen LogP contribution in [0.25, 0.3) is 0 Å². The van der Waals surface area contributed by atoms with Gasteiger partial charge < -0.3 is 9.67 Å². The second-order valence-corrected chi connectivity index (χ2v) is 8.93. The van der Waals surface area contributed by atoms with Gasteiger partial charge in [-0.2, -0.15) is 9.57 Å². The highest BCUT2D eigenvalue weighted by Gasteiger charge is 2.30. The predicted octanol–water partition coefficient (Wildman–Crippen LogP) is 2.44. The molecular weight excluding hydrogens is 378 g/mol. The fourth-order valence-electron chi connectivity index (χ4n) is 3.85. The Balaban J connectivity index is 2.09. The van der Waals surface area contributed by atoms with Gasteiger partial charge in [0, 0.05) is 30.9 Å². The molecule has 28 heavy (non-hydrogen) atoms. The third kappa shape index (κ3) is 3.55. The van der Waals surface area contributed by atoms with Crippen molar-refractivity contribution in [2.75, 3.05) is 13.1 Å². The van der Waals surface area contributed by atoms with E-state index in [4.69, 9.17) is 0 Å². The zero-order valence-electron chi connectivity index (χ0n) is 16.0. The molecule has 0 aliphatic carbocycles. The standard InChI is InChI=1S/C20H23N3O4S/c1-14-17(12-21)15(2)23(13-20(24)25)18(14)11-16-7-3-4-8-19(16)28(26,27)22-9-5-6-10-22/h3-4,7-8H,5-6,9-11,13H2,1-2H3,(H,24,25). The van der Waals surface area contributed by atoms with Crippen molar-refractivity contribution in [3.05, 3.63) is 52.3 Å². The van der Waals surface area contributed by atoms with E-state index in [0.717, 1.165) is 12.8 Å². The van der Waals surface area contributed by atoms with Crippen LogP contribution in [-0.2, 0) is 27.8 Å². The molecule has 2 aromatic rings. The molecule has 1 aliphatic rings. The van der Waals surface area contributed by atoms with Crippen LogP contribution >= 0.6 is 0 Å².